The second kappa shape index (κ2) is 5.39. The molecule has 110 valence electrons. The molecule has 0 spiro atoms. The lowest BCUT2D eigenvalue weighted by Gasteiger charge is -2.11. The van der Waals surface area contributed by atoms with Gasteiger partial charge in [0.25, 0.3) is 0 Å². The quantitative estimate of drug-likeness (QED) is 0.878. The summed E-state index contributed by atoms with van der Waals surface area (Å²) in [6, 6.07) is 2.80. The highest BCUT2D eigenvalue weighted by Crippen LogP contribution is 2.33. The van der Waals surface area contributed by atoms with Crippen molar-refractivity contribution in [1.29, 1.82) is 0 Å². The number of halogens is 4. The molecule has 21 heavy (non-hydrogen) atoms. The van der Waals surface area contributed by atoms with Crippen molar-refractivity contribution < 1.29 is 32.2 Å². The van der Waals surface area contributed by atoms with E-state index in [1.165, 1.54) is 6.20 Å². The zero-order valence-corrected chi connectivity index (χ0v) is 10.2. The van der Waals surface area contributed by atoms with Gasteiger partial charge in [-0.2, -0.15) is 13.2 Å². The summed E-state index contributed by atoms with van der Waals surface area (Å²) in [6.07, 6.45) is -2.46. The molecular formula is C13H7F4NO3. The van der Waals surface area contributed by atoms with Crippen LogP contribution in [0, 0.1) is 5.82 Å². The first-order valence-corrected chi connectivity index (χ1v) is 5.51. The molecule has 2 rings (SSSR count). The van der Waals surface area contributed by atoms with E-state index in [0.29, 0.717) is 6.07 Å². The van der Waals surface area contributed by atoms with Crippen molar-refractivity contribution in [3.63, 3.8) is 0 Å². The molecule has 0 atom stereocenters. The molecule has 4 nitrogen and oxygen atoms in total. The topological polar surface area (TPSA) is 59.4 Å². The van der Waals surface area contributed by atoms with Crippen molar-refractivity contribution >= 4 is 5.97 Å². The lowest BCUT2D eigenvalue weighted by atomic mass is 10.2. The van der Waals surface area contributed by atoms with Crippen LogP contribution in [0.1, 0.15) is 15.9 Å². The molecule has 0 saturated carbocycles. The second-order valence-electron chi connectivity index (χ2n) is 3.92. The average Bonchev–Trinajstić information content (AvgIpc) is 2.40. The van der Waals surface area contributed by atoms with E-state index in [-0.39, 0.29) is 17.4 Å². The summed E-state index contributed by atoms with van der Waals surface area (Å²) in [4.78, 5) is 14.6. The number of ether oxygens (including phenoxy) is 1. The predicted molar refractivity (Wildman–Crippen MR) is 62.7 cm³/mol. The number of carboxylic acids is 1. The van der Waals surface area contributed by atoms with Crippen LogP contribution in [-0.4, -0.2) is 16.1 Å². The van der Waals surface area contributed by atoms with E-state index in [1.807, 2.05) is 0 Å². The van der Waals surface area contributed by atoms with Crippen LogP contribution in [0.15, 0.2) is 36.7 Å². The molecule has 0 bridgehead atoms. The van der Waals surface area contributed by atoms with Gasteiger partial charge in [0, 0.05) is 6.20 Å². The molecule has 0 aliphatic rings. The lowest BCUT2D eigenvalue weighted by Crippen LogP contribution is -2.06. The molecule has 1 aromatic heterocycles. The molecule has 0 saturated heterocycles. The molecule has 1 heterocycles. The molecule has 0 radical (unpaired) electrons. The van der Waals surface area contributed by atoms with Crippen LogP contribution in [0.5, 0.6) is 11.5 Å². The van der Waals surface area contributed by atoms with Crippen molar-refractivity contribution in [1.82, 2.24) is 4.98 Å². The molecule has 0 amide bonds. The molecule has 0 aliphatic carbocycles. The second-order valence-corrected chi connectivity index (χ2v) is 3.92. The third kappa shape index (κ3) is 3.28. The SMILES string of the molecule is O=C(O)c1ccncc1Oc1ccc(C(F)(F)F)cc1F. The number of nitrogens with zero attached hydrogens (tertiary/aromatic N) is 1. The monoisotopic (exact) mass is 301 g/mol. The minimum absolute atomic E-state index is 0.270. The van der Waals surface area contributed by atoms with Gasteiger partial charge >= 0.3 is 12.1 Å². The van der Waals surface area contributed by atoms with Gasteiger partial charge in [-0.25, -0.2) is 9.18 Å². The minimum atomic E-state index is -4.68. The summed E-state index contributed by atoms with van der Waals surface area (Å²) in [5.74, 6) is -3.40. The Hall–Kier alpha value is -2.64. The van der Waals surface area contributed by atoms with E-state index in [9.17, 15) is 22.4 Å². The normalized spacial score (nSPS) is 11.2. The van der Waals surface area contributed by atoms with Crippen molar-refractivity contribution in [2.45, 2.75) is 6.18 Å². The fourth-order valence-electron chi connectivity index (χ4n) is 1.52. The largest absolute Gasteiger partial charge is 0.478 e. The molecular weight excluding hydrogens is 294 g/mol. The van der Waals surface area contributed by atoms with Gasteiger partial charge in [-0.3, -0.25) is 4.98 Å². The zero-order valence-electron chi connectivity index (χ0n) is 10.2. The predicted octanol–water partition coefficient (Wildman–Crippen LogP) is 3.73. The molecule has 2 aromatic rings. The van der Waals surface area contributed by atoms with E-state index in [1.54, 1.807) is 0 Å². The number of aromatic nitrogens is 1. The number of alkyl halides is 3. The first-order valence-electron chi connectivity index (χ1n) is 5.51. The van der Waals surface area contributed by atoms with Crippen molar-refractivity contribution in [3.8, 4) is 11.5 Å². The van der Waals surface area contributed by atoms with Gasteiger partial charge in [-0.15, -0.1) is 0 Å². The van der Waals surface area contributed by atoms with Crippen LogP contribution in [0.25, 0.3) is 0 Å². The third-order valence-corrected chi connectivity index (χ3v) is 2.49. The Bertz CT molecular complexity index is 685. The Balaban J connectivity index is 2.35. The summed E-state index contributed by atoms with van der Waals surface area (Å²) in [5, 5.41) is 8.91. The van der Waals surface area contributed by atoms with Gasteiger partial charge in [0.2, 0.25) is 0 Å². The van der Waals surface area contributed by atoms with Crippen molar-refractivity contribution in [2.75, 3.05) is 0 Å². The molecule has 1 aromatic carbocycles. The first-order chi connectivity index (χ1) is 9.79. The molecule has 1 N–H and O–H groups in total. The van der Waals surface area contributed by atoms with Crippen molar-refractivity contribution in [3.05, 3.63) is 53.6 Å². The van der Waals surface area contributed by atoms with Crippen LogP contribution < -0.4 is 4.74 Å². The Morgan fingerprint density at radius 1 is 1.19 bits per heavy atom. The van der Waals surface area contributed by atoms with Crippen LogP contribution in [0.2, 0.25) is 0 Å². The number of hydrogen-bond donors (Lipinski definition) is 1. The van der Waals surface area contributed by atoms with E-state index >= 15 is 0 Å². The number of benzene rings is 1. The Morgan fingerprint density at radius 3 is 2.48 bits per heavy atom. The summed E-state index contributed by atoms with van der Waals surface area (Å²) >= 11 is 0. The number of aromatic carboxylic acids is 1. The van der Waals surface area contributed by atoms with E-state index in [0.717, 1.165) is 18.3 Å². The standard InChI is InChI=1S/C13H7F4NO3/c14-9-5-7(13(15,16)17)1-2-10(9)21-11-6-18-4-3-8(11)12(19)20/h1-6H,(H,19,20). The van der Waals surface area contributed by atoms with Crippen LogP contribution >= 0.6 is 0 Å². The molecule has 0 aliphatic heterocycles. The smallest absolute Gasteiger partial charge is 0.416 e. The number of hydrogen-bond acceptors (Lipinski definition) is 3. The van der Waals surface area contributed by atoms with Gasteiger partial charge in [0.1, 0.15) is 5.56 Å². The number of rotatable bonds is 3. The Labute approximate surface area is 115 Å². The summed E-state index contributed by atoms with van der Waals surface area (Å²) in [6.45, 7) is 0. The van der Waals surface area contributed by atoms with Crippen LogP contribution in [0.4, 0.5) is 17.6 Å². The van der Waals surface area contributed by atoms with Crippen molar-refractivity contribution in [2.24, 2.45) is 0 Å². The minimum Gasteiger partial charge on any atom is -0.478 e. The van der Waals surface area contributed by atoms with Gasteiger partial charge in [0.05, 0.1) is 11.8 Å². The van der Waals surface area contributed by atoms with E-state index < -0.39 is 29.3 Å². The highest BCUT2D eigenvalue weighted by molar-refractivity contribution is 5.90. The number of carboxylic acid groups (broad SMARTS) is 1. The molecule has 0 fully saturated rings. The summed E-state index contributed by atoms with van der Waals surface area (Å²) < 4.78 is 55.8. The zero-order chi connectivity index (χ0) is 15.6. The van der Waals surface area contributed by atoms with E-state index in [2.05, 4.69) is 4.98 Å². The fourth-order valence-corrected chi connectivity index (χ4v) is 1.52. The Kier molecular flexibility index (Phi) is 3.79. The number of carbonyl (C=O) groups is 1. The van der Waals surface area contributed by atoms with Gasteiger partial charge < -0.3 is 9.84 Å². The summed E-state index contributed by atoms with van der Waals surface area (Å²) in [7, 11) is 0. The van der Waals surface area contributed by atoms with Crippen LogP contribution in [-0.2, 0) is 6.18 Å². The van der Waals surface area contributed by atoms with Crippen LogP contribution in [0.3, 0.4) is 0 Å². The van der Waals surface area contributed by atoms with Gasteiger partial charge in [0.15, 0.2) is 17.3 Å². The molecule has 0 unspecified atom stereocenters. The van der Waals surface area contributed by atoms with Gasteiger partial charge in [-0.05, 0) is 24.3 Å². The first kappa shape index (κ1) is 14.8. The van der Waals surface area contributed by atoms with Gasteiger partial charge in [-0.1, -0.05) is 0 Å². The maximum absolute atomic E-state index is 13.6. The maximum Gasteiger partial charge on any atom is 0.416 e. The fraction of sp³-hybridized carbons (Fsp3) is 0.0769. The maximum atomic E-state index is 13.6. The lowest BCUT2D eigenvalue weighted by molar-refractivity contribution is -0.137. The average molecular weight is 301 g/mol. The summed E-state index contributed by atoms with van der Waals surface area (Å²) in [5.41, 5.74) is -1.46. The highest BCUT2D eigenvalue weighted by Gasteiger charge is 2.31. The molecule has 8 heteroatoms. The highest BCUT2D eigenvalue weighted by atomic mass is 19.4. The van der Waals surface area contributed by atoms with E-state index in [4.69, 9.17) is 9.84 Å². The number of pyridine rings is 1. The Morgan fingerprint density at radius 2 is 1.90 bits per heavy atom. The third-order valence-electron chi connectivity index (χ3n) is 2.49.